The number of aliphatic imine (C=N–C) groups is 1. The lowest BCUT2D eigenvalue weighted by molar-refractivity contribution is -0.137. The van der Waals surface area contributed by atoms with Crippen LogP contribution in [-0.4, -0.2) is 28.0 Å². The molecule has 5 nitrogen and oxygen atoms in total. The van der Waals surface area contributed by atoms with Gasteiger partial charge in [0.2, 0.25) is 0 Å². The quantitative estimate of drug-likeness (QED) is 0.276. The molecule has 0 aliphatic rings. The summed E-state index contributed by atoms with van der Waals surface area (Å²) in [6.07, 6.45) is 3.31. The van der Waals surface area contributed by atoms with Crippen molar-refractivity contribution in [2.45, 2.75) is 6.42 Å². The Labute approximate surface area is 144 Å². The summed E-state index contributed by atoms with van der Waals surface area (Å²) in [5.74, 6) is -0.949. The Morgan fingerprint density at radius 2 is 2.04 bits per heavy atom. The van der Waals surface area contributed by atoms with Crippen LogP contribution < -0.4 is 0 Å². The third kappa shape index (κ3) is 5.35. The zero-order valence-electron chi connectivity index (χ0n) is 12.7. The Morgan fingerprint density at radius 3 is 2.79 bits per heavy atom. The lowest BCUT2D eigenvalue weighted by Crippen LogP contribution is -2.04. The summed E-state index contributed by atoms with van der Waals surface area (Å²) in [4.78, 5) is 15.6. The molecule has 0 heterocycles. The highest BCUT2D eigenvalue weighted by Gasteiger charge is 2.01. The van der Waals surface area contributed by atoms with E-state index in [0.29, 0.717) is 17.7 Å². The smallest absolute Gasteiger partial charge is 0.330 e. The van der Waals surface area contributed by atoms with Crippen LogP contribution in [0.2, 0.25) is 0 Å². The molecule has 6 heteroatoms. The summed E-state index contributed by atoms with van der Waals surface area (Å²) in [5, 5.41) is 20.9. The molecule has 0 aliphatic heterocycles. The van der Waals surface area contributed by atoms with Crippen LogP contribution in [0.5, 0.6) is 11.5 Å². The maximum absolute atomic E-state index is 11.7. The minimum Gasteiger partial charge on any atom is -0.504 e. The van der Waals surface area contributed by atoms with Gasteiger partial charge in [0.25, 0.3) is 0 Å². The number of carbonyl (C=O) groups is 1. The summed E-state index contributed by atoms with van der Waals surface area (Å²) in [6, 6.07) is 11.7. The first-order chi connectivity index (χ1) is 11.6. The Hall–Kier alpha value is -2.95. The monoisotopic (exact) mass is 341 g/mol. The first kappa shape index (κ1) is 17.4. The zero-order valence-corrected chi connectivity index (χ0v) is 13.5. The molecule has 2 N–H and O–H groups in total. The average Bonchev–Trinajstić information content (AvgIpc) is 2.57. The highest BCUT2D eigenvalue weighted by molar-refractivity contribution is 7.78. The van der Waals surface area contributed by atoms with Gasteiger partial charge in [0.05, 0.1) is 17.5 Å². The maximum atomic E-state index is 11.7. The molecule has 0 aliphatic carbocycles. The Bertz CT molecular complexity index is 810. The van der Waals surface area contributed by atoms with E-state index in [1.807, 2.05) is 24.3 Å². The van der Waals surface area contributed by atoms with Gasteiger partial charge in [-0.2, -0.15) is 4.99 Å². The lowest BCUT2D eigenvalue weighted by atomic mass is 10.1. The number of esters is 1. The first-order valence-electron chi connectivity index (χ1n) is 7.12. The van der Waals surface area contributed by atoms with Gasteiger partial charge in [0, 0.05) is 12.5 Å². The molecule has 0 unspecified atom stereocenters. The van der Waals surface area contributed by atoms with E-state index < -0.39 is 5.97 Å². The van der Waals surface area contributed by atoms with Crippen molar-refractivity contribution in [1.82, 2.24) is 0 Å². The van der Waals surface area contributed by atoms with E-state index in [-0.39, 0.29) is 18.1 Å². The number of rotatable bonds is 6. The predicted octanol–water partition coefficient (Wildman–Crippen LogP) is 3.63. The number of aromatic hydroxyl groups is 2. The molecule has 2 rings (SSSR count). The van der Waals surface area contributed by atoms with Crippen LogP contribution in [0, 0.1) is 0 Å². The van der Waals surface area contributed by atoms with Crippen molar-refractivity contribution in [3.8, 4) is 11.5 Å². The molecule has 0 spiro atoms. The Balaban J connectivity index is 1.84. The third-order valence-corrected chi connectivity index (χ3v) is 3.22. The normalized spacial score (nSPS) is 10.3. The summed E-state index contributed by atoms with van der Waals surface area (Å²) in [7, 11) is 0. The van der Waals surface area contributed by atoms with Crippen molar-refractivity contribution in [3.63, 3.8) is 0 Å². The van der Waals surface area contributed by atoms with Crippen LogP contribution in [0.4, 0.5) is 5.69 Å². The first-order valence-corrected chi connectivity index (χ1v) is 7.53. The highest BCUT2D eigenvalue weighted by atomic mass is 32.1. The molecule has 2 aromatic rings. The van der Waals surface area contributed by atoms with Crippen molar-refractivity contribution in [2.75, 3.05) is 6.61 Å². The van der Waals surface area contributed by atoms with E-state index in [4.69, 9.17) is 4.74 Å². The maximum Gasteiger partial charge on any atom is 0.330 e. The number of phenolic OH excluding ortho intramolecular Hbond substituents is 2. The molecule has 0 aromatic heterocycles. The fourth-order valence-corrected chi connectivity index (χ4v) is 2.07. The van der Waals surface area contributed by atoms with E-state index in [0.717, 1.165) is 5.56 Å². The number of phenols is 2. The second kappa shape index (κ2) is 8.62. The molecule has 0 amide bonds. The number of benzene rings is 2. The van der Waals surface area contributed by atoms with Crippen LogP contribution in [0.1, 0.15) is 11.1 Å². The molecule has 24 heavy (non-hydrogen) atoms. The van der Waals surface area contributed by atoms with E-state index in [1.165, 1.54) is 24.3 Å². The second-order valence-corrected chi connectivity index (χ2v) is 5.05. The van der Waals surface area contributed by atoms with Gasteiger partial charge < -0.3 is 14.9 Å². The van der Waals surface area contributed by atoms with Crippen LogP contribution >= 0.6 is 12.2 Å². The SMILES string of the molecule is O=C(/C=C/c1ccc(O)c(O)c1)OCCc1cccc(N=C=S)c1. The standard InChI is InChI=1S/C18H15NO4S/c20-16-6-4-14(11-17(16)21)5-7-18(22)23-9-8-13-2-1-3-15(10-13)19-12-24/h1-7,10-11,20-21H,8-9H2/b7-5+. The molecular formula is C18H15NO4S. The zero-order chi connectivity index (χ0) is 17.4. The molecule has 0 bridgehead atoms. The molecule has 0 radical (unpaired) electrons. The number of ether oxygens (including phenoxy) is 1. The Kier molecular flexibility index (Phi) is 6.25. The topological polar surface area (TPSA) is 79.1 Å². The van der Waals surface area contributed by atoms with Gasteiger partial charge in [0.1, 0.15) is 0 Å². The van der Waals surface area contributed by atoms with Crippen molar-refractivity contribution in [2.24, 2.45) is 4.99 Å². The summed E-state index contributed by atoms with van der Waals surface area (Å²) >= 11 is 4.56. The van der Waals surface area contributed by atoms with Gasteiger partial charge in [-0.1, -0.05) is 18.2 Å². The van der Waals surface area contributed by atoms with Crippen LogP contribution in [0.3, 0.4) is 0 Å². The molecule has 122 valence electrons. The predicted molar refractivity (Wildman–Crippen MR) is 94.6 cm³/mol. The number of thiocarbonyl (C=S) groups is 1. The Morgan fingerprint density at radius 1 is 1.21 bits per heavy atom. The largest absolute Gasteiger partial charge is 0.504 e. The number of hydrogen-bond donors (Lipinski definition) is 2. The molecule has 0 saturated heterocycles. The minimum atomic E-state index is -0.490. The van der Waals surface area contributed by atoms with Crippen LogP contribution in [-0.2, 0) is 16.0 Å². The van der Waals surface area contributed by atoms with E-state index >= 15 is 0 Å². The molecule has 0 saturated carbocycles. The second-order valence-electron chi connectivity index (χ2n) is 4.87. The number of isothiocyanates is 1. The summed E-state index contributed by atoms with van der Waals surface area (Å²) in [5.41, 5.74) is 2.26. The van der Waals surface area contributed by atoms with E-state index in [2.05, 4.69) is 22.4 Å². The van der Waals surface area contributed by atoms with Crippen molar-refractivity contribution < 1.29 is 19.7 Å². The molecule has 0 fully saturated rings. The number of nitrogens with zero attached hydrogens (tertiary/aromatic N) is 1. The number of carbonyl (C=O) groups excluding carboxylic acids is 1. The van der Waals surface area contributed by atoms with Gasteiger partial charge in [-0.15, -0.1) is 0 Å². The molecule has 2 aromatic carbocycles. The van der Waals surface area contributed by atoms with Gasteiger partial charge in [-0.25, -0.2) is 4.79 Å². The lowest BCUT2D eigenvalue weighted by Gasteiger charge is -2.03. The fraction of sp³-hybridized carbons (Fsp3) is 0.111. The fourth-order valence-electron chi connectivity index (χ4n) is 1.96. The molecular weight excluding hydrogens is 326 g/mol. The van der Waals surface area contributed by atoms with E-state index in [1.54, 1.807) is 6.07 Å². The van der Waals surface area contributed by atoms with Crippen molar-refractivity contribution in [1.29, 1.82) is 0 Å². The van der Waals surface area contributed by atoms with Crippen LogP contribution in [0.15, 0.2) is 53.5 Å². The summed E-state index contributed by atoms with van der Waals surface area (Å²) < 4.78 is 5.12. The van der Waals surface area contributed by atoms with Gasteiger partial charge >= 0.3 is 5.97 Å². The summed E-state index contributed by atoms with van der Waals surface area (Å²) in [6.45, 7) is 0.231. The van der Waals surface area contributed by atoms with Crippen LogP contribution in [0.25, 0.3) is 6.08 Å². The highest BCUT2D eigenvalue weighted by Crippen LogP contribution is 2.25. The van der Waals surface area contributed by atoms with Gasteiger partial charge in [0.15, 0.2) is 11.5 Å². The number of hydrogen-bond acceptors (Lipinski definition) is 6. The minimum absolute atomic E-state index is 0.213. The van der Waals surface area contributed by atoms with Crippen molar-refractivity contribution >= 4 is 35.1 Å². The van der Waals surface area contributed by atoms with Crippen molar-refractivity contribution in [3.05, 3.63) is 59.7 Å². The van der Waals surface area contributed by atoms with Gasteiger partial charge in [-0.05, 0) is 53.7 Å². The molecule has 0 atom stereocenters. The third-order valence-electron chi connectivity index (χ3n) is 3.13. The van der Waals surface area contributed by atoms with E-state index in [9.17, 15) is 15.0 Å². The van der Waals surface area contributed by atoms with Gasteiger partial charge in [-0.3, -0.25) is 0 Å². The average molecular weight is 341 g/mol.